The van der Waals surface area contributed by atoms with Gasteiger partial charge < -0.3 is 0 Å². The lowest BCUT2D eigenvalue weighted by Crippen LogP contribution is -2.36. The molecule has 0 aliphatic carbocycles. The van der Waals surface area contributed by atoms with E-state index in [1.54, 1.807) is 11.4 Å². The van der Waals surface area contributed by atoms with E-state index in [1.807, 2.05) is 6.92 Å². The maximum atomic E-state index is 12.1. The first kappa shape index (κ1) is 12.1. The highest BCUT2D eigenvalue weighted by Crippen LogP contribution is 2.14. The number of hydrogen-bond donors (Lipinski definition) is 1. The first-order chi connectivity index (χ1) is 8.17. The van der Waals surface area contributed by atoms with Crippen molar-refractivity contribution in [1.29, 1.82) is 0 Å². The van der Waals surface area contributed by atoms with Crippen LogP contribution in [0.15, 0.2) is 16.2 Å². The van der Waals surface area contributed by atoms with Gasteiger partial charge in [-0.15, -0.1) is 22.9 Å². The van der Waals surface area contributed by atoms with Gasteiger partial charge in [-0.2, -0.15) is 0 Å². The number of fused-ring (bicyclic) bond motifs is 1. The summed E-state index contributed by atoms with van der Waals surface area (Å²) in [7, 11) is 0. The quantitative estimate of drug-likeness (QED) is 0.857. The summed E-state index contributed by atoms with van der Waals surface area (Å²) >= 11 is 6.80. The van der Waals surface area contributed by atoms with Crippen molar-refractivity contribution in [3.8, 4) is 0 Å². The Morgan fingerprint density at radius 1 is 1.65 bits per heavy atom. The van der Waals surface area contributed by atoms with Crippen molar-refractivity contribution in [2.24, 2.45) is 0 Å². The van der Waals surface area contributed by atoms with E-state index in [0.29, 0.717) is 22.5 Å². The van der Waals surface area contributed by atoms with Crippen molar-refractivity contribution in [2.75, 3.05) is 11.3 Å². The summed E-state index contributed by atoms with van der Waals surface area (Å²) in [6.45, 7) is 1.87. The SMILES string of the molecule is CCc1nc2sccc2c(=O)n1NC(=O)CCl. The average Bonchev–Trinajstić information content (AvgIpc) is 2.80. The molecule has 1 amide bonds. The number of thiophene rings is 1. The summed E-state index contributed by atoms with van der Waals surface area (Å²) in [4.78, 5) is 28.3. The standard InChI is InChI=1S/C10H10ClN3O2S/c1-2-7-12-9-6(3-4-17-9)10(16)14(7)13-8(15)5-11/h3-4H,2,5H2,1H3,(H,13,15). The number of carbonyl (C=O) groups excluding carboxylic acids is 1. The van der Waals surface area contributed by atoms with Crippen LogP contribution in [-0.2, 0) is 11.2 Å². The van der Waals surface area contributed by atoms with Crippen LogP contribution in [0, 0.1) is 0 Å². The Bertz CT molecular complexity index is 620. The van der Waals surface area contributed by atoms with Crippen molar-refractivity contribution < 1.29 is 4.79 Å². The number of amides is 1. The highest BCUT2D eigenvalue weighted by molar-refractivity contribution is 7.16. The topological polar surface area (TPSA) is 64.0 Å². The van der Waals surface area contributed by atoms with Gasteiger partial charge in [-0.05, 0) is 11.4 Å². The molecule has 2 aromatic rings. The summed E-state index contributed by atoms with van der Waals surface area (Å²) < 4.78 is 1.17. The van der Waals surface area contributed by atoms with Gasteiger partial charge in [0.2, 0.25) is 0 Å². The van der Waals surface area contributed by atoms with E-state index in [1.165, 1.54) is 16.0 Å². The molecule has 0 aliphatic heterocycles. The number of nitrogens with one attached hydrogen (secondary N) is 1. The Hall–Kier alpha value is -1.40. The molecule has 7 heteroatoms. The van der Waals surface area contributed by atoms with Crippen LogP contribution in [0.2, 0.25) is 0 Å². The van der Waals surface area contributed by atoms with Crippen molar-refractivity contribution >= 4 is 39.1 Å². The van der Waals surface area contributed by atoms with Gasteiger partial charge in [0.05, 0.1) is 5.39 Å². The van der Waals surface area contributed by atoms with Crippen LogP contribution in [0.25, 0.3) is 10.2 Å². The molecule has 0 fully saturated rings. The van der Waals surface area contributed by atoms with Crippen molar-refractivity contribution in [2.45, 2.75) is 13.3 Å². The van der Waals surface area contributed by atoms with Crippen LogP contribution in [0.3, 0.4) is 0 Å². The molecule has 2 heterocycles. The van der Waals surface area contributed by atoms with Gasteiger partial charge in [0, 0.05) is 6.42 Å². The second kappa shape index (κ2) is 4.85. The second-order valence-electron chi connectivity index (χ2n) is 3.33. The number of halogens is 1. The predicted molar refractivity (Wildman–Crippen MR) is 68.3 cm³/mol. The van der Waals surface area contributed by atoms with Gasteiger partial charge in [-0.1, -0.05) is 6.92 Å². The van der Waals surface area contributed by atoms with Crippen LogP contribution in [-0.4, -0.2) is 21.4 Å². The largest absolute Gasteiger partial charge is 0.281 e. The fourth-order valence-electron chi connectivity index (χ4n) is 1.46. The predicted octanol–water partition coefficient (Wildman–Crippen LogP) is 1.33. The molecule has 0 saturated heterocycles. The highest BCUT2D eigenvalue weighted by atomic mass is 35.5. The fourth-order valence-corrected chi connectivity index (χ4v) is 2.30. The molecule has 2 aromatic heterocycles. The molecule has 5 nitrogen and oxygen atoms in total. The zero-order valence-corrected chi connectivity index (χ0v) is 10.6. The molecule has 17 heavy (non-hydrogen) atoms. The van der Waals surface area contributed by atoms with E-state index in [4.69, 9.17) is 11.6 Å². The lowest BCUT2D eigenvalue weighted by molar-refractivity contribution is -0.114. The monoisotopic (exact) mass is 271 g/mol. The first-order valence-corrected chi connectivity index (χ1v) is 6.43. The number of aromatic nitrogens is 2. The minimum Gasteiger partial charge on any atom is -0.272 e. The van der Waals surface area contributed by atoms with Crippen LogP contribution < -0.4 is 11.0 Å². The number of alkyl halides is 1. The normalized spacial score (nSPS) is 10.7. The molecule has 0 aromatic carbocycles. The average molecular weight is 272 g/mol. The zero-order valence-electron chi connectivity index (χ0n) is 9.07. The van der Waals surface area contributed by atoms with E-state index < -0.39 is 5.91 Å². The molecule has 0 spiro atoms. The summed E-state index contributed by atoms with van der Waals surface area (Å²) in [5, 5.41) is 2.30. The summed E-state index contributed by atoms with van der Waals surface area (Å²) in [5.41, 5.74) is 2.17. The number of rotatable bonds is 3. The lowest BCUT2D eigenvalue weighted by atomic mass is 10.4. The molecule has 0 unspecified atom stereocenters. The van der Waals surface area contributed by atoms with Gasteiger partial charge in [-0.3, -0.25) is 15.0 Å². The number of nitrogens with zero attached hydrogens (tertiary/aromatic N) is 2. The van der Waals surface area contributed by atoms with Gasteiger partial charge in [-0.25, -0.2) is 9.66 Å². The number of carbonyl (C=O) groups is 1. The van der Waals surface area contributed by atoms with E-state index in [0.717, 1.165) is 0 Å². The Morgan fingerprint density at radius 2 is 2.41 bits per heavy atom. The fraction of sp³-hybridized carbons (Fsp3) is 0.300. The molecule has 0 atom stereocenters. The Morgan fingerprint density at radius 3 is 3.06 bits per heavy atom. The van der Waals surface area contributed by atoms with E-state index in [9.17, 15) is 9.59 Å². The van der Waals surface area contributed by atoms with Crippen LogP contribution >= 0.6 is 22.9 Å². The van der Waals surface area contributed by atoms with E-state index in [2.05, 4.69) is 10.4 Å². The molecule has 0 aliphatic rings. The third kappa shape index (κ3) is 2.18. The third-order valence-electron chi connectivity index (χ3n) is 2.24. The summed E-state index contributed by atoms with van der Waals surface area (Å²) in [5.74, 6) is -0.111. The molecule has 2 rings (SSSR count). The maximum Gasteiger partial charge on any atom is 0.281 e. The minimum atomic E-state index is -0.431. The second-order valence-corrected chi connectivity index (χ2v) is 4.49. The van der Waals surface area contributed by atoms with Gasteiger partial charge >= 0.3 is 0 Å². The minimum absolute atomic E-state index is 0.197. The zero-order chi connectivity index (χ0) is 12.4. The molecule has 0 saturated carbocycles. The Kier molecular flexibility index (Phi) is 3.44. The maximum absolute atomic E-state index is 12.1. The van der Waals surface area contributed by atoms with E-state index >= 15 is 0 Å². The Balaban J connectivity index is 2.62. The molecule has 0 bridgehead atoms. The van der Waals surface area contributed by atoms with Crippen molar-refractivity contribution in [1.82, 2.24) is 9.66 Å². The molecular weight excluding hydrogens is 262 g/mol. The van der Waals surface area contributed by atoms with Crippen LogP contribution in [0.1, 0.15) is 12.7 Å². The van der Waals surface area contributed by atoms with Gasteiger partial charge in [0.15, 0.2) is 0 Å². The van der Waals surface area contributed by atoms with Crippen molar-refractivity contribution in [3.63, 3.8) is 0 Å². The van der Waals surface area contributed by atoms with E-state index in [-0.39, 0.29) is 11.4 Å². The molecular formula is C10H10ClN3O2S. The third-order valence-corrected chi connectivity index (χ3v) is 3.29. The van der Waals surface area contributed by atoms with Crippen LogP contribution in [0.5, 0.6) is 0 Å². The summed E-state index contributed by atoms with van der Waals surface area (Å²) in [6, 6.07) is 1.69. The molecule has 90 valence electrons. The van der Waals surface area contributed by atoms with Gasteiger partial charge in [0.25, 0.3) is 11.5 Å². The van der Waals surface area contributed by atoms with Crippen molar-refractivity contribution in [3.05, 3.63) is 27.6 Å². The molecule has 0 radical (unpaired) electrons. The Labute approximate surface area is 106 Å². The summed E-state index contributed by atoms with van der Waals surface area (Å²) in [6.07, 6.45) is 0.547. The van der Waals surface area contributed by atoms with Gasteiger partial charge in [0.1, 0.15) is 16.5 Å². The van der Waals surface area contributed by atoms with Crippen LogP contribution in [0.4, 0.5) is 0 Å². The lowest BCUT2D eigenvalue weighted by Gasteiger charge is -2.10. The molecule has 1 N–H and O–H groups in total. The number of aryl methyl sites for hydroxylation is 1. The highest BCUT2D eigenvalue weighted by Gasteiger charge is 2.12. The number of hydrogen-bond acceptors (Lipinski definition) is 4. The smallest absolute Gasteiger partial charge is 0.272 e. The first-order valence-electron chi connectivity index (χ1n) is 5.02.